The van der Waals surface area contributed by atoms with Crippen molar-refractivity contribution in [3.63, 3.8) is 0 Å². The van der Waals surface area contributed by atoms with Crippen molar-refractivity contribution >= 4 is 68.2 Å². The molecule has 5 nitrogen and oxygen atoms in total. The Morgan fingerprint density at radius 2 is 0.489 bits per heavy atom. The van der Waals surface area contributed by atoms with E-state index in [4.69, 9.17) is 4.98 Å². The van der Waals surface area contributed by atoms with E-state index in [1.807, 2.05) is 6.20 Å². The molecule has 94 heavy (non-hydrogen) atoms. The Morgan fingerprint density at radius 1 is 0.213 bits per heavy atom. The number of nitrogens with zero attached hydrogens (tertiary/aromatic N) is 5. The number of hydrogen-bond acceptors (Lipinski definition) is 5. The summed E-state index contributed by atoms with van der Waals surface area (Å²) in [5, 5.41) is 0. The van der Waals surface area contributed by atoms with E-state index in [2.05, 4.69) is 335 Å². The number of fused-ring (bicyclic) bond motifs is 10. The second-order valence-corrected chi connectivity index (χ2v) is 26.1. The van der Waals surface area contributed by atoms with Crippen LogP contribution < -0.4 is 19.6 Å². The maximum absolute atomic E-state index is 5.18. The van der Waals surface area contributed by atoms with Crippen molar-refractivity contribution < 1.29 is 0 Å². The summed E-state index contributed by atoms with van der Waals surface area (Å²) in [5.74, 6) is 0. The molecule has 454 valence electrons. The van der Waals surface area contributed by atoms with Gasteiger partial charge in [0.15, 0.2) is 0 Å². The van der Waals surface area contributed by atoms with Crippen LogP contribution in [-0.4, -0.2) is 4.98 Å². The third kappa shape index (κ3) is 10.1. The minimum Gasteiger partial charge on any atom is -0.311 e. The van der Waals surface area contributed by atoms with Crippen LogP contribution in [0.4, 0.5) is 68.2 Å². The predicted molar refractivity (Wildman–Crippen MR) is 392 cm³/mol. The van der Waals surface area contributed by atoms with Crippen LogP contribution >= 0.6 is 0 Å². The third-order valence-electron chi connectivity index (χ3n) is 20.9. The van der Waals surface area contributed by atoms with E-state index in [1.165, 1.54) is 109 Å². The van der Waals surface area contributed by atoms with Crippen LogP contribution in [0.3, 0.4) is 0 Å². The number of para-hydroxylation sites is 4. The lowest BCUT2D eigenvalue weighted by Gasteiger charge is -2.36. The third-order valence-corrected chi connectivity index (χ3v) is 20.9. The topological polar surface area (TPSA) is 25.9 Å². The summed E-state index contributed by atoms with van der Waals surface area (Å²) in [6.07, 6.45) is 14.4. The molecule has 0 radical (unpaired) electrons. The lowest BCUT2D eigenvalue weighted by atomic mass is 9.68. The monoisotopic (exact) mass is 1210 g/mol. The fourth-order valence-electron chi connectivity index (χ4n) is 16.5. The summed E-state index contributed by atoms with van der Waals surface area (Å²) in [6.45, 7) is 0. The molecule has 0 atom stereocenters. The minimum absolute atomic E-state index is 0.0308. The number of hydrogen-bond donors (Lipinski definition) is 0. The highest BCUT2D eigenvalue weighted by Gasteiger charge is 2.45. The van der Waals surface area contributed by atoms with Gasteiger partial charge in [-0.2, -0.15) is 0 Å². The van der Waals surface area contributed by atoms with Gasteiger partial charge in [-0.05, 0) is 227 Å². The van der Waals surface area contributed by atoms with Crippen molar-refractivity contribution in [3.8, 4) is 44.6 Å². The number of aromatic nitrogens is 1. The van der Waals surface area contributed by atoms with Crippen molar-refractivity contribution in [2.24, 2.45) is 0 Å². The number of benzene rings is 12. The summed E-state index contributed by atoms with van der Waals surface area (Å²) in [5.41, 5.74) is 29.1. The molecule has 0 amide bonds. The Hall–Kier alpha value is -11.0. The average Bonchev–Trinajstić information content (AvgIpc) is 1.57. The predicted octanol–water partition coefficient (Wildman–Crippen LogP) is 24.8. The van der Waals surface area contributed by atoms with Gasteiger partial charge in [-0.3, -0.25) is 4.98 Å². The Bertz CT molecular complexity index is 4420. The zero-order valence-corrected chi connectivity index (χ0v) is 52.9. The van der Waals surface area contributed by atoms with Crippen LogP contribution in [0, 0.1) is 0 Å². The highest BCUT2D eigenvalue weighted by molar-refractivity contribution is 5.90. The zero-order chi connectivity index (χ0) is 62.4. The fourth-order valence-corrected chi connectivity index (χ4v) is 16.5. The van der Waals surface area contributed by atoms with Crippen molar-refractivity contribution in [3.05, 3.63) is 344 Å². The molecule has 12 aromatic carbocycles. The lowest BCUT2D eigenvalue weighted by molar-refractivity contribution is 0.353. The first-order valence-corrected chi connectivity index (χ1v) is 33.8. The molecule has 1 heterocycles. The van der Waals surface area contributed by atoms with E-state index in [0.717, 1.165) is 90.6 Å². The van der Waals surface area contributed by atoms with Gasteiger partial charge in [0, 0.05) is 96.4 Å². The van der Waals surface area contributed by atoms with Crippen LogP contribution in [0.25, 0.3) is 44.6 Å². The SMILES string of the molecule is c1ccc(N(c2ccccc2)c2ccc(N(c3ccc(-c4ccc(-c5ccc(N(c6ccc(N(c7ccccc7)c7ccccc7)cc6)c6ccc7c(c6)C6(CCCCC6)c6ccccc6-7)cc5)nc4)cc3)c3ccc4c(c3)C3(CCCCC3)c3ccccc3-4)cc2)cc1. The number of pyridine rings is 1. The molecule has 17 rings (SSSR count). The standard InChI is InChI=1S/C89H73N5/c1-7-23-67(24-8-1)91(68-25-9-2-10-26-68)73-44-48-75(49-45-73)93(77-52-54-81-79-31-15-17-33-83(79)88(85(81)61-77)57-19-5-20-58-88)71-40-35-64(36-41-71)66-39-56-87(90-63-66)65-37-42-72(43-38-65)94(76-50-46-74(47-51-76)92(69-27-11-3-12-28-69)70-29-13-4-14-30-70)78-53-55-82-80-32-16-18-34-84(80)89(86(82)62-78)59-21-6-22-60-89/h1-4,7-18,23-56,61-63H,5-6,19-22,57-60H2. The molecule has 0 saturated heterocycles. The molecule has 4 aliphatic rings. The Morgan fingerprint density at radius 3 is 0.840 bits per heavy atom. The Kier molecular flexibility index (Phi) is 14.7. The molecule has 0 unspecified atom stereocenters. The quantitative estimate of drug-likeness (QED) is 0.108. The first-order chi connectivity index (χ1) is 46.6. The van der Waals surface area contributed by atoms with E-state index >= 15 is 0 Å². The molecular formula is C89H73N5. The van der Waals surface area contributed by atoms with Crippen molar-refractivity contribution in [1.82, 2.24) is 4.98 Å². The van der Waals surface area contributed by atoms with E-state index in [1.54, 1.807) is 0 Å². The highest BCUT2D eigenvalue weighted by Crippen LogP contribution is 2.59. The van der Waals surface area contributed by atoms with Crippen LogP contribution in [0.2, 0.25) is 0 Å². The molecule has 5 heteroatoms. The van der Waals surface area contributed by atoms with E-state index < -0.39 is 0 Å². The largest absolute Gasteiger partial charge is 0.311 e. The molecule has 0 N–H and O–H groups in total. The summed E-state index contributed by atoms with van der Waals surface area (Å²) in [6, 6.07) is 116. The maximum atomic E-state index is 5.18. The Labute approximate surface area is 553 Å². The van der Waals surface area contributed by atoms with Gasteiger partial charge in [-0.25, -0.2) is 0 Å². The maximum Gasteiger partial charge on any atom is 0.0702 e. The zero-order valence-electron chi connectivity index (χ0n) is 52.9. The van der Waals surface area contributed by atoms with E-state index in [9.17, 15) is 0 Å². The molecular weight excluding hydrogens is 1140 g/mol. The molecule has 2 fully saturated rings. The van der Waals surface area contributed by atoms with Crippen LogP contribution in [0.15, 0.2) is 322 Å². The summed E-state index contributed by atoms with van der Waals surface area (Å²) < 4.78 is 0. The molecule has 2 spiro atoms. The van der Waals surface area contributed by atoms with Gasteiger partial charge < -0.3 is 19.6 Å². The summed E-state index contributed by atoms with van der Waals surface area (Å²) in [7, 11) is 0. The molecule has 1 aromatic heterocycles. The molecule has 13 aromatic rings. The first-order valence-electron chi connectivity index (χ1n) is 33.8. The van der Waals surface area contributed by atoms with Crippen molar-refractivity contribution in [2.75, 3.05) is 19.6 Å². The van der Waals surface area contributed by atoms with Crippen LogP contribution in [0.1, 0.15) is 86.5 Å². The normalized spacial score (nSPS) is 14.6. The molecule has 0 bridgehead atoms. The van der Waals surface area contributed by atoms with Crippen molar-refractivity contribution in [2.45, 2.75) is 75.0 Å². The Balaban J connectivity index is 0.694. The van der Waals surface area contributed by atoms with Crippen molar-refractivity contribution in [1.29, 1.82) is 0 Å². The summed E-state index contributed by atoms with van der Waals surface area (Å²) >= 11 is 0. The fraction of sp³-hybridized carbons (Fsp3) is 0.135. The summed E-state index contributed by atoms with van der Waals surface area (Å²) in [4.78, 5) is 14.7. The molecule has 2 saturated carbocycles. The second-order valence-electron chi connectivity index (χ2n) is 26.1. The highest BCUT2D eigenvalue weighted by atomic mass is 15.2. The molecule has 0 aliphatic heterocycles. The minimum atomic E-state index is 0.0308. The average molecular weight is 1210 g/mol. The second kappa shape index (κ2) is 24.2. The van der Waals surface area contributed by atoms with Gasteiger partial charge in [0.25, 0.3) is 0 Å². The molecule has 4 aliphatic carbocycles. The number of rotatable bonds is 14. The van der Waals surface area contributed by atoms with Gasteiger partial charge in [0.2, 0.25) is 0 Å². The number of anilines is 12. The first kappa shape index (κ1) is 56.9. The van der Waals surface area contributed by atoms with Gasteiger partial charge in [0.05, 0.1) is 5.69 Å². The smallest absolute Gasteiger partial charge is 0.0702 e. The lowest BCUT2D eigenvalue weighted by Crippen LogP contribution is -2.28. The van der Waals surface area contributed by atoms with Gasteiger partial charge in [-0.1, -0.05) is 202 Å². The van der Waals surface area contributed by atoms with Gasteiger partial charge in [0.1, 0.15) is 0 Å². The van der Waals surface area contributed by atoms with Crippen LogP contribution in [-0.2, 0) is 10.8 Å². The van der Waals surface area contributed by atoms with E-state index in [0.29, 0.717) is 0 Å². The van der Waals surface area contributed by atoms with E-state index in [-0.39, 0.29) is 10.8 Å². The van der Waals surface area contributed by atoms with Gasteiger partial charge in [-0.15, -0.1) is 0 Å². The van der Waals surface area contributed by atoms with Crippen LogP contribution in [0.5, 0.6) is 0 Å². The van der Waals surface area contributed by atoms with Gasteiger partial charge >= 0.3 is 0 Å².